The van der Waals surface area contributed by atoms with Gasteiger partial charge in [-0.1, -0.05) is 6.07 Å². The van der Waals surface area contributed by atoms with E-state index in [1.807, 2.05) is 12.1 Å². The van der Waals surface area contributed by atoms with E-state index in [-0.39, 0.29) is 5.69 Å². The van der Waals surface area contributed by atoms with Crippen molar-refractivity contribution in [2.45, 2.75) is 6.54 Å². The van der Waals surface area contributed by atoms with Gasteiger partial charge in [0.15, 0.2) is 0 Å². The van der Waals surface area contributed by atoms with Crippen LogP contribution in [0.2, 0.25) is 0 Å². The van der Waals surface area contributed by atoms with Crippen LogP contribution in [0.4, 0.5) is 17.3 Å². The van der Waals surface area contributed by atoms with E-state index in [1.165, 1.54) is 12.1 Å². The van der Waals surface area contributed by atoms with E-state index in [4.69, 9.17) is 4.74 Å². The molecular formula is C20H18N6O3. The van der Waals surface area contributed by atoms with E-state index < -0.39 is 4.92 Å². The molecule has 1 aromatic carbocycles. The molecule has 9 nitrogen and oxygen atoms in total. The van der Waals surface area contributed by atoms with Gasteiger partial charge in [-0.05, 0) is 18.2 Å². The molecule has 1 saturated heterocycles. The molecule has 0 atom stereocenters. The van der Waals surface area contributed by atoms with Crippen molar-refractivity contribution >= 4 is 28.2 Å². The van der Waals surface area contributed by atoms with E-state index >= 15 is 0 Å². The Kier molecular flexibility index (Phi) is 5.18. The summed E-state index contributed by atoms with van der Waals surface area (Å²) >= 11 is 0. The molecule has 0 bridgehead atoms. The summed E-state index contributed by atoms with van der Waals surface area (Å²) < 4.78 is 5.41. The third-order valence-electron chi connectivity index (χ3n) is 4.76. The molecule has 0 unspecified atom stereocenters. The lowest BCUT2D eigenvalue weighted by atomic mass is 10.1. The van der Waals surface area contributed by atoms with Crippen molar-refractivity contribution in [1.82, 2.24) is 9.97 Å². The SMILES string of the molecule is N#Cc1cc(NCc2cccnc2N2CCOCC2)nc2ccc([N+](=O)[O-])cc12. The van der Waals surface area contributed by atoms with Crippen LogP contribution in [0.15, 0.2) is 42.6 Å². The topological polar surface area (TPSA) is 117 Å². The molecule has 146 valence electrons. The van der Waals surface area contributed by atoms with Gasteiger partial charge in [0.25, 0.3) is 5.69 Å². The predicted octanol–water partition coefficient (Wildman–Crippen LogP) is 2.86. The fraction of sp³-hybridized carbons (Fsp3) is 0.250. The van der Waals surface area contributed by atoms with E-state index in [0.29, 0.717) is 42.0 Å². The summed E-state index contributed by atoms with van der Waals surface area (Å²) in [6.07, 6.45) is 1.77. The minimum atomic E-state index is -0.484. The second-order valence-corrected chi connectivity index (χ2v) is 6.56. The first-order valence-electron chi connectivity index (χ1n) is 9.15. The number of hydrogen-bond acceptors (Lipinski definition) is 8. The molecule has 0 amide bonds. The smallest absolute Gasteiger partial charge is 0.270 e. The van der Waals surface area contributed by atoms with Gasteiger partial charge in [-0.2, -0.15) is 5.26 Å². The number of nitrogens with zero attached hydrogens (tertiary/aromatic N) is 5. The number of hydrogen-bond donors (Lipinski definition) is 1. The molecule has 0 aliphatic carbocycles. The maximum Gasteiger partial charge on any atom is 0.270 e. The first kappa shape index (κ1) is 18.6. The molecule has 9 heteroatoms. The second-order valence-electron chi connectivity index (χ2n) is 6.56. The standard InChI is InChI=1S/C20H18N6O3/c21-12-15-10-19(24-18-4-3-16(26(27)28)11-17(15)18)23-13-14-2-1-5-22-20(14)25-6-8-29-9-7-25/h1-5,10-11H,6-9,13H2,(H,23,24). The Hall–Kier alpha value is -3.77. The van der Waals surface area contributed by atoms with Gasteiger partial charge in [-0.3, -0.25) is 10.1 Å². The molecule has 0 spiro atoms. The quantitative estimate of drug-likeness (QED) is 0.522. The van der Waals surface area contributed by atoms with Gasteiger partial charge >= 0.3 is 0 Å². The molecular weight excluding hydrogens is 372 g/mol. The number of non-ortho nitro benzene ring substituents is 1. The molecule has 29 heavy (non-hydrogen) atoms. The Bertz CT molecular complexity index is 1110. The summed E-state index contributed by atoms with van der Waals surface area (Å²) in [5.41, 5.74) is 1.80. The molecule has 1 N–H and O–H groups in total. The van der Waals surface area contributed by atoms with Crippen LogP contribution < -0.4 is 10.2 Å². The number of anilines is 2. The number of nitro benzene ring substituents is 1. The van der Waals surface area contributed by atoms with Crippen LogP contribution in [-0.2, 0) is 11.3 Å². The molecule has 1 fully saturated rings. The van der Waals surface area contributed by atoms with Crippen molar-refractivity contribution < 1.29 is 9.66 Å². The number of nitro groups is 1. The zero-order chi connectivity index (χ0) is 20.2. The summed E-state index contributed by atoms with van der Waals surface area (Å²) in [6, 6.07) is 11.9. The van der Waals surface area contributed by atoms with Crippen molar-refractivity contribution in [3.63, 3.8) is 0 Å². The molecule has 3 heterocycles. The van der Waals surface area contributed by atoms with Crippen molar-refractivity contribution in [1.29, 1.82) is 5.26 Å². The van der Waals surface area contributed by atoms with Crippen LogP contribution >= 0.6 is 0 Å². The Morgan fingerprint density at radius 1 is 1.28 bits per heavy atom. The van der Waals surface area contributed by atoms with Crippen molar-refractivity contribution in [3.8, 4) is 6.07 Å². The number of rotatable bonds is 5. The summed E-state index contributed by atoms with van der Waals surface area (Å²) in [7, 11) is 0. The second kappa shape index (κ2) is 8.08. The Labute approximate surface area is 166 Å². The Morgan fingerprint density at radius 2 is 2.10 bits per heavy atom. The van der Waals surface area contributed by atoms with Crippen LogP contribution in [0.3, 0.4) is 0 Å². The zero-order valence-electron chi connectivity index (χ0n) is 15.5. The maximum atomic E-state index is 11.0. The highest BCUT2D eigenvalue weighted by atomic mass is 16.6. The lowest BCUT2D eigenvalue weighted by Gasteiger charge is -2.29. The van der Waals surface area contributed by atoms with Gasteiger partial charge in [-0.15, -0.1) is 0 Å². The van der Waals surface area contributed by atoms with Gasteiger partial charge < -0.3 is 15.0 Å². The number of benzene rings is 1. The van der Waals surface area contributed by atoms with Crippen molar-refractivity contribution in [2.24, 2.45) is 0 Å². The van der Waals surface area contributed by atoms with Gasteiger partial charge in [0.05, 0.1) is 35.3 Å². The first-order chi connectivity index (χ1) is 14.2. The highest BCUT2D eigenvalue weighted by Gasteiger charge is 2.16. The van der Waals surface area contributed by atoms with Crippen molar-refractivity contribution in [3.05, 3.63) is 63.8 Å². The number of ether oxygens (including phenoxy) is 1. The minimum absolute atomic E-state index is 0.0676. The van der Waals surface area contributed by atoms with Crippen LogP contribution in [-0.4, -0.2) is 41.2 Å². The number of pyridine rings is 2. The molecule has 0 radical (unpaired) electrons. The van der Waals surface area contributed by atoms with Gasteiger partial charge in [-0.25, -0.2) is 9.97 Å². The summed E-state index contributed by atoms with van der Waals surface area (Å²) in [4.78, 5) is 21.7. The van der Waals surface area contributed by atoms with E-state index in [0.717, 1.165) is 24.5 Å². The van der Waals surface area contributed by atoms with E-state index in [2.05, 4.69) is 26.3 Å². The van der Waals surface area contributed by atoms with Gasteiger partial charge in [0, 0.05) is 48.9 Å². The van der Waals surface area contributed by atoms with Gasteiger partial charge in [0.2, 0.25) is 0 Å². The van der Waals surface area contributed by atoms with Crippen LogP contribution in [0.5, 0.6) is 0 Å². The summed E-state index contributed by atoms with van der Waals surface area (Å²) in [6.45, 7) is 3.41. The maximum absolute atomic E-state index is 11.0. The molecule has 4 rings (SSSR count). The monoisotopic (exact) mass is 390 g/mol. The number of nitrogens with one attached hydrogen (secondary N) is 1. The van der Waals surface area contributed by atoms with E-state index in [9.17, 15) is 15.4 Å². The normalized spacial score (nSPS) is 13.8. The van der Waals surface area contributed by atoms with Crippen LogP contribution in [0, 0.1) is 21.4 Å². The molecule has 0 saturated carbocycles. The van der Waals surface area contributed by atoms with E-state index in [1.54, 1.807) is 18.3 Å². The summed E-state index contributed by atoms with van der Waals surface area (Å²) in [5.74, 6) is 1.43. The average Bonchev–Trinajstić information content (AvgIpc) is 2.77. The van der Waals surface area contributed by atoms with Crippen molar-refractivity contribution in [2.75, 3.05) is 36.5 Å². The predicted molar refractivity (Wildman–Crippen MR) is 108 cm³/mol. The molecule has 1 aliphatic heterocycles. The molecule has 3 aromatic rings. The largest absolute Gasteiger partial charge is 0.378 e. The zero-order valence-corrected chi connectivity index (χ0v) is 15.5. The third-order valence-corrected chi connectivity index (χ3v) is 4.76. The number of fused-ring (bicyclic) bond motifs is 1. The Morgan fingerprint density at radius 3 is 2.86 bits per heavy atom. The lowest BCUT2D eigenvalue weighted by molar-refractivity contribution is -0.384. The fourth-order valence-corrected chi connectivity index (χ4v) is 3.32. The lowest BCUT2D eigenvalue weighted by Crippen LogP contribution is -2.37. The van der Waals surface area contributed by atoms with Gasteiger partial charge in [0.1, 0.15) is 11.6 Å². The number of nitriles is 1. The highest BCUT2D eigenvalue weighted by Crippen LogP contribution is 2.26. The fourth-order valence-electron chi connectivity index (χ4n) is 3.32. The van der Waals surface area contributed by atoms with Crippen LogP contribution in [0.1, 0.15) is 11.1 Å². The Balaban J connectivity index is 1.60. The minimum Gasteiger partial charge on any atom is -0.378 e. The number of morpholine rings is 1. The summed E-state index contributed by atoms with van der Waals surface area (Å²) in [5, 5.41) is 24.2. The number of aromatic nitrogens is 2. The highest BCUT2D eigenvalue weighted by molar-refractivity contribution is 5.88. The molecule has 2 aromatic heterocycles. The average molecular weight is 390 g/mol. The third kappa shape index (κ3) is 3.93. The van der Waals surface area contributed by atoms with Crippen LogP contribution in [0.25, 0.3) is 10.9 Å². The first-order valence-corrected chi connectivity index (χ1v) is 9.15. The molecule has 1 aliphatic rings.